The number of hydrogen-bond donors (Lipinski definition) is 1. The van der Waals surface area contributed by atoms with Crippen LogP contribution in [0.3, 0.4) is 0 Å². The van der Waals surface area contributed by atoms with Gasteiger partial charge in [0.15, 0.2) is 11.5 Å². The van der Waals surface area contributed by atoms with Crippen molar-refractivity contribution in [1.29, 1.82) is 0 Å². The van der Waals surface area contributed by atoms with Crippen molar-refractivity contribution >= 4 is 11.9 Å². The van der Waals surface area contributed by atoms with Crippen LogP contribution in [0.15, 0.2) is 36.7 Å². The second-order valence-corrected chi connectivity index (χ2v) is 6.28. The molecule has 1 atom stereocenters. The molecule has 25 heavy (non-hydrogen) atoms. The molecule has 1 amide bonds. The van der Waals surface area contributed by atoms with Crippen molar-refractivity contribution in [2.45, 2.75) is 12.8 Å². The Morgan fingerprint density at radius 2 is 2.08 bits per heavy atom. The van der Waals surface area contributed by atoms with E-state index in [4.69, 9.17) is 9.47 Å². The first-order valence-corrected chi connectivity index (χ1v) is 8.49. The molecular weight excluding hydrogens is 320 g/mol. The summed E-state index contributed by atoms with van der Waals surface area (Å²) in [5.74, 6) is 2.36. The first-order chi connectivity index (χ1) is 12.3. The summed E-state index contributed by atoms with van der Waals surface area (Å²) in [5.41, 5.74) is 0.586. The lowest BCUT2D eigenvalue weighted by molar-refractivity contribution is 0.0945. The van der Waals surface area contributed by atoms with Gasteiger partial charge in [0.2, 0.25) is 12.7 Å². The van der Waals surface area contributed by atoms with Crippen LogP contribution in [0.5, 0.6) is 11.5 Å². The van der Waals surface area contributed by atoms with E-state index < -0.39 is 0 Å². The molecule has 2 aromatic rings. The van der Waals surface area contributed by atoms with Crippen LogP contribution in [0.2, 0.25) is 0 Å². The highest BCUT2D eigenvalue weighted by molar-refractivity contribution is 5.94. The van der Waals surface area contributed by atoms with Gasteiger partial charge < -0.3 is 19.7 Å². The van der Waals surface area contributed by atoms with E-state index in [1.54, 1.807) is 30.6 Å². The fourth-order valence-electron chi connectivity index (χ4n) is 3.24. The number of carbonyl (C=O) groups is 1. The third-order valence-corrected chi connectivity index (χ3v) is 4.54. The zero-order chi connectivity index (χ0) is 17.1. The van der Waals surface area contributed by atoms with Gasteiger partial charge in [-0.1, -0.05) is 0 Å². The molecule has 0 bridgehead atoms. The Hall–Kier alpha value is -2.83. The molecule has 1 aromatic carbocycles. The van der Waals surface area contributed by atoms with Crippen molar-refractivity contribution in [2.24, 2.45) is 5.92 Å². The highest BCUT2D eigenvalue weighted by atomic mass is 16.7. The van der Waals surface area contributed by atoms with Gasteiger partial charge in [0.05, 0.1) is 0 Å². The minimum absolute atomic E-state index is 0.0913. The summed E-state index contributed by atoms with van der Waals surface area (Å²) < 4.78 is 10.6. The molecule has 2 aliphatic heterocycles. The van der Waals surface area contributed by atoms with Gasteiger partial charge in [-0.15, -0.1) is 0 Å². The van der Waals surface area contributed by atoms with Crippen LogP contribution in [0, 0.1) is 5.92 Å². The molecule has 0 aliphatic carbocycles. The van der Waals surface area contributed by atoms with Crippen LogP contribution in [-0.2, 0) is 0 Å². The molecule has 1 saturated heterocycles. The van der Waals surface area contributed by atoms with Crippen LogP contribution >= 0.6 is 0 Å². The van der Waals surface area contributed by atoms with E-state index in [2.05, 4.69) is 20.2 Å². The van der Waals surface area contributed by atoms with Crippen LogP contribution in [0.4, 0.5) is 5.95 Å². The number of nitrogens with zero attached hydrogens (tertiary/aromatic N) is 3. The number of hydrogen-bond acceptors (Lipinski definition) is 6. The lowest BCUT2D eigenvalue weighted by atomic mass is 9.98. The molecule has 1 fully saturated rings. The predicted molar refractivity (Wildman–Crippen MR) is 91.9 cm³/mol. The normalized spacial score (nSPS) is 18.9. The van der Waals surface area contributed by atoms with Crippen LogP contribution in [-0.4, -0.2) is 42.3 Å². The minimum atomic E-state index is -0.0913. The number of carbonyl (C=O) groups excluding carboxylic acids is 1. The lowest BCUT2D eigenvalue weighted by Gasteiger charge is -2.32. The maximum atomic E-state index is 12.4. The monoisotopic (exact) mass is 340 g/mol. The topological polar surface area (TPSA) is 76.6 Å². The largest absolute Gasteiger partial charge is 0.454 e. The Bertz CT molecular complexity index is 753. The number of fused-ring (bicyclic) bond motifs is 1. The smallest absolute Gasteiger partial charge is 0.251 e. The van der Waals surface area contributed by atoms with Gasteiger partial charge in [-0.3, -0.25) is 4.79 Å². The van der Waals surface area contributed by atoms with Gasteiger partial charge in [0.25, 0.3) is 5.91 Å². The van der Waals surface area contributed by atoms with Gasteiger partial charge >= 0.3 is 0 Å². The van der Waals surface area contributed by atoms with Gasteiger partial charge in [-0.2, -0.15) is 0 Å². The molecule has 4 rings (SSSR count). The minimum Gasteiger partial charge on any atom is -0.454 e. The number of aromatic nitrogens is 2. The number of nitrogens with one attached hydrogen (secondary N) is 1. The summed E-state index contributed by atoms with van der Waals surface area (Å²) in [4.78, 5) is 23.2. The highest BCUT2D eigenvalue weighted by Gasteiger charge is 2.22. The van der Waals surface area contributed by atoms with Crippen LogP contribution in [0.25, 0.3) is 0 Å². The number of benzene rings is 1. The molecule has 0 spiro atoms. The average molecular weight is 340 g/mol. The van der Waals surface area contributed by atoms with E-state index in [0.717, 1.165) is 31.9 Å². The molecule has 7 nitrogen and oxygen atoms in total. The second-order valence-electron chi connectivity index (χ2n) is 6.28. The Kier molecular flexibility index (Phi) is 4.37. The van der Waals surface area contributed by atoms with E-state index >= 15 is 0 Å². The summed E-state index contributed by atoms with van der Waals surface area (Å²) in [7, 11) is 0. The van der Waals surface area contributed by atoms with Crippen molar-refractivity contribution in [3.05, 3.63) is 42.2 Å². The predicted octanol–water partition coefficient (Wildman–Crippen LogP) is 1.85. The number of rotatable bonds is 4. The number of amides is 1. The molecule has 130 valence electrons. The van der Waals surface area contributed by atoms with E-state index in [1.165, 1.54) is 0 Å². The van der Waals surface area contributed by atoms with E-state index in [9.17, 15) is 4.79 Å². The molecule has 0 saturated carbocycles. The summed E-state index contributed by atoms with van der Waals surface area (Å²) in [6.07, 6.45) is 5.67. The van der Waals surface area contributed by atoms with E-state index in [1.807, 2.05) is 6.07 Å². The van der Waals surface area contributed by atoms with Crippen molar-refractivity contribution in [1.82, 2.24) is 15.3 Å². The number of ether oxygens (including phenoxy) is 2. The fraction of sp³-hybridized carbons (Fsp3) is 0.389. The molecule has 1 unspecified atom stereocenters. The van der Waals surface area contributed by atoms with Crippen molar-refractivity contribution < 1.29 is 14.3 Å². The first-order valence-electron chi connectivity index (χ1n) is 8.49. The zero-order valence-electron chi connectivity index (χ0n) is 13.9. The summed E-state index contributed by atoms with van der Waals surface area (Å²) in [6, 6.07) is 7.07. The zero-order valence-corrected chi connectivity index (χ0v) is 13.9. The van der Waals surface area contributed by atoms with Crippen LogP contribution < -0.4 is 19.7 Å². The number of piperidine rings is 1. The SMILES string of the molecule is O=C(NCC1CCCN(c2ncccn2)C1)c1ccc2c(c1)OCO2. The average Bonchev–Trinajstić information content (AvgIpc) is 3.15. The molecule has 7 heteroatoms. The van der Waals surface area contributed by atoms with Crippen molar-refractivity contribution in [3.63, 3.8) is 0 Å². The Morgan fingerprint density at radius 1 is 1.24 bits per heavy atom. The third kappa shape index (κ3) is 3.50. The number of anilines is 1. The fourth-order valence-corrected chi connectivity index (χ4v) is 3.24. The molecule has 2 aliphatic rings. The van der Waals surface area contributed by atoms with Crippen molar-refractivity contribution in [2.75, 3.05) is 31.3 Å². The summed E-state index contributed by atoms with van der Waals surface area (Å²) in [5, 5.41) is 3.03. The summed E-state index contributed by atoms with van der Waals surface area (Å²) in [6.45, 7) is 2.65. The second kappa shape index (κ2) is 6.96. The van der Waals surface area contributed by atoms with E-state index in [0.29, 0.717) is 29.5 Å². The first kappa shape index (κ1) is 15.7. The maximum Gasteiger partial charge on any atom is 0.251 e. The highest BCUT2D eigenvalue weighted by Crippen LogP contribution is 2.32. The molecular formula is C18H20N4O3. The van der Waals surface area contributed by atoms with Gasteiger partial charge in [-0.05, 0) is 43.0 Å². The third-order valence-electron chi connectivity index (χ3n) is 4.54. The quantitative estimate of drug-likeness (QED) is 0.915. The molecule has 0 radical (unpaired) electrons. The molecule has 3 heterocycles. The van der Waals surface area contributed by atoms with Gasteiger partial charge in [0.1, 0.15) is 0 Å². The van der Waals surface area contributed by atoms with Crippen LogP contribution in [0.1, 0.15) is 23.2 Å². The Morgan fingerprint density at radius 3 is 2.96 bits per heavy atom. The lowest BCUT2D eigenvalue weighted by Crippen LogP contribution is -2.41. The van der Waals surface area contributed by atoms with E-state index in [-0.39, 0.29) is 12.7 Å². The Balaban J connectivity index is 1.34. The Labute approximate surface area is 146 Å². The summed E-state index contributed by atoms with van der Waals surface area (Å²) >= 11 is 0. The molecule has 1 N–H and O–H groups in total. The maximum absolute atomic E-state index is 12.4. The van der Waals surface area contributed by atoms with Gasteiger partial charge in [0, 0.05) is 37.6 Å². The molecule has 1 aromatic heterocycles. The standard InChI is InChI=1S/C18H20N4O3/c23-17(14-4-5-15-16(9-14)25-12-24-15)21-10-13-3-1-8-22(11-13)18-19-6-2-7-20-18/h2,4-7,9,13H,1,3,8,10-12H2,(H,21,23). The van der Waals surface area contributed by atoms with Crippen molar-refractivity contribution in [3.8, 4) is 11.5 Å². The van der Waals surface area contributed by atoms with Gasteiger partial charge in [-0.25, -0.2) is 9.97 Å².